The predicted molar refractivity (Wildman–Crippen MR) is 72.0 cm³/mol. The van der Waals surface area contributed by atoms with E-state index >= 15 is 0 Å². The van der Waals surface area contributed by atoms with E-state index in [9.17, 15) is 9.90 Å². The molecule has 0 unspecified atom stereocenters. The van der Waals surface area contributed by atoms with Crippen molar-refractivity contribution in [2.45, 2.75) is 12.5 Å². The van der Waals surface area contributed by atoms with Gasteiger partial charge in [-0.25, -0.2) is 0 Å². The van der Waals surface area contributed by atoms with Gasteiger partial charge in [-0.15, -0.1) is 0 Å². The number of amides is 1. The number of hydrogen-bond donors (Lipinski definition) is 2. The van der Waals surface area contributed by atoms with Crippen molar-refractivity contribution in [2.24, 2.45) is 0 Å². The molecule has 0 aromatic heterocycles. The maximum absolute atomic E-state index is 11.6. The molecule has 1 aliphatic heterocycles. The molecule has 1 aliphatic rings. The average molecular weight is 264 g/mol. The summed E-state index contributed by atoms with van der Waals surface area (Å²) in [4.78, 5) is 13.6. The average Bonchev–Trinajstić information content (AvgIpc) is 2.81. The summed E-state index contributed by atoms with van der Waals surface area (Å²) in [5, 5.41) is 12.2. The Morgan fingerprint density at radius 2 is 2.21 bits per heavy atom. The first kappa shape index (κ1) is 13.8. The first-order chi connectivity index (χ1) is 9.24. The number of rotatable bonds is 6. The smallest absolute Gasteiger partial charge is 0.234 e. The van der Waals surface area contributed by atoms with Crippen LogP contribution in [-0.4, -0.2) is 54.8 Å². The number of carbonyl (C=O) groups is 1. The summed E-state index contributed by atoms with van der Waals surface area (Å²) in [6.45, 7) is 2.67. The molecule has 1 aromatic carbocycles. The fourth-order valence-electron chi connectivity index (χ4n) is 2.09. The van der Waals surface area contributed by atoms with Crippen LogP contribution in [0.4, 0.5) is 0 Å². The number of carbonyl (C=O) groups excluding carboxylic acids is 1. The van der Waals surface area contributed by atoms with E-state index in [1.807, 2.05) is 35.2 Å². The largest absolute Gasteiger partial charge is 0.492 e. The third kappa shape index (κ3) is 4.89. The highest BCUT2D eigenvalue weighted by molar-refractivity contribution is 5.78. The van der Waals surface area contributed by atoms with Gasteiger partial charge >= 0.3 is 0 Å². The van der Waals surface area contributed by atoms with Crippen molar-refractivity contribution in [1.29, 1.82) is 0 Å². The monoisotopic (exact) mass is 264 g/mol. The highest BCUT2D eigenvalue weighted by atomic mass is 16.5. The van der Waals surface area contributed by atoms with E-state index in [-0.39, 0.29) is 12.0 Å². The number of aliphatic hydroxyl groups is 1. The zero-order valence-corrected chi connectivity index (χ0v) is 10.9. The number of β-amino-alcohol motifs (C(OH)–C–C–N with tert-alkyl or cyclic N) is 1. The lowest BCUT2D eigenvalue weighted by Gasteiger charge is -2.14. The zero-order chi connectivity index (χ0) is 13.5. The first-order valence-corrected chi connectivity index (χ1v) is 6.59. The van der Waals surface area contributed by atoms with E-state index in [2.05, 4.69) is 5.32 Å². The van der Waals surface area contributed by atoms with Crippen molar-refractivity contribution in [1.82, 2.24) is 10.2 Å². The van der Waals surface area contributed by atoms with Gasteiger partial charge in [0.05, 0.1) is 19.2 Å². The number of nitrogens with one attached hydrogen (secondary N) is 1. The molecule has 1 amide bonds. The number of hydrogen-bond acceptors (Lipinski definition) is 4. The predicted octanol–water partition coefficient (Wildman–Crippen LogP) is 0.248. The number of aliphatic hydroxyl groups excluding tert-OH is 1. The lowest BCUT2D eigenvalue weighted by Crippen LogP contribution is -2.38. The van der Waals surface area contributed by atoms with Crippen LogP contribution in [0, 0.1) is 0 Å². The molecule has 0 saturated carbocycles. The Morgan fingerprint density at radius 3 is 2.89 bits per heavy atom. The van der Waals surface area contributed by atoms with Crippen LogP contribution >= 0.6 is 0 Å². The standard InChI is InChI=1S/C14H20N2O3/c17-12-6-8-16(10-12)11-14(18)15-7-9-19-13-4-2-1-3-5-13/h1-5,12,17H,6-11H2,(H,15,18)/t12-/m1/s1. The van der Waals surface area contributed by atoms with Gasteiger partial charge in [0.25, 0.3) is 0 Å². The van der Waals surface area contributed by atoms with Gasteiger partial charge in [0.1, 0.15) is 12.4 Å². The third-order valence-electron chi connectivity index (χ3n) is 3.05. The second kappa shape index (κ2) is 7.11. The highest BCUT2D eigenvalue weighted by Gasteiger charge is 2.21. The Kier molecular flexibility index (Phi) is 5.18. The van der Waals surface area contributed by atoms with E-state index < -0.39 is 0 Å². The molecule has 0 spiro atoms. The van der Waals surface area contributed by atoms with Crippen molar-refractivity contribution < 1.29 is 14.6 Å². The van der Waals surface area contributed by atoms with E-state index in [1.165, 1.54) is 0 Å². The Balaban J connectivity index is 1.57. The van der Waals surface area contributed by atoms with E-state index in [0.717, 1.165) is 18.7 Å². The van der Waals surface area contributed by atoms with Gasteiger partial charge in [-0.3, -0.25) is 9.69 Å². The maximum atomic E-state index is 11.6. The fourth-order valence-corrected chi connectivity index (χ4v) is 2.09. The Hall–Kier alpha value is -1.59. The van der Waals surface area contributed by atoms with Gasteiger partial charge in [-0.1, -0.05) is 18.2 Å². The quantitative estimate of drug-likeness (QED) is 0.723. The Morgan fingerprint density at radius 1 is 1.42 bits per heavy atom. The Bertz CT molecular complexity index is 397. The second-order valence-electron chi connectivity index (χ2n) is 4.69. The SMILES string of the molecule is O=C(CN1CC[C@@H](O)C1)NCCOc1ccccc1. The third-order valence-corrected chi connectivity index (χ3v) is 3.05. The number of nitrogens with zero attached hydrogens (tertiary/aromatic N) is 1. The molecule has 0 radical (unpaired) electrons. The molecule has 1 atom stereocenters. The fraction of sp³-hybridized carbons (Fsp3) is 0.500. The summed E-state index contributed by atoms with van der Waals surface area (Å²) in [5.74, 6) is 0.783. The molecule has 0 bridgehead atoms. The van der Waals surface area contributed by atoms with Crippen LogP contribution in [0.5, 0.6) is 5.75 Å². The molecule has 2 rings (SSSR count). The molecule has 1 fully saturated rings. The van der Waals surface area contributed by atoms with Crippen LogP contribution in [0.2, 0.25) is 0 Å². The summed E-state index contributed by atoms with van der Waals surface area (Å²) < 4.78 is 5.48. The zero-order valence-electron chi connectivity index (χ0n) is 10.9. The highest BCUT2D eigenvalue weighted by Crippen LogP contribution is 2.08. The van der Waals surface area contributed by atoms with E-state index in [4.69, 9.17) is 4.74 Å². The van der Waals surface area contributed by atoms with E-state index in [0.29, 0.717) is 26.2 Å². The number of likely N-dealkylation sites (tertiary alicyclic amines) is 1. The molecule has 0 aliphatic carbocycles. The van der Waals surface area contributed by atoms with Crippen molar-refractivity contribution in [3.8, 4) is 5.75 Å². The van der Waals surface area contributed by atoms with Gasteiger partial charge in [-0.05, 0) is 18.6 Å². The molecular formula is C14H20N2O3. The van der Waals surface area contributed by atoms with Gasteiger partial charge < -0.3 is 15.2 Å². The van der Waals surface area contributed by atoms with Crippen molar-refractivity contribution >= 4 is 5.91 Å². The van der Waals surface area contributed by atoms with Gasteiger partial charge in [0.2, 0.25) is 5.91 Å². The van der Waals surface area contributed by atoms with Crippen LogP contribution in [0.15, 0.2) is 30.3 Å². The minimum absolute atomic E-state index is 0.0224. The molecule has 1 saturated heterocycles. The molecule has 19 heavy (non-hydrogen) atoms. The minimum Gasteiger partial charge on any atom is -0.492 e. The van der Waals surface area contributed by atoms with Gasteiger partial charge in [0.15, 0.2) is 0 Å². The van der Waals surface area contributed by atoms with Crippen LogP contribution < -0.4 is 10.1 Å². The first-order valence-electron chi connectivity index (χ1n) is 6.59. The van der Waals surface area contributed by atoms with Crippen molar-refractivity contribution in [2.75, 3.05) is 32.8 Å². The molecule has 2 N–H and O–H groups in total. The number of ether oxygens (including phenoxy) is 1. The summed E-state index contributed by atoms with van der Waals surface area (Å²) in [7, 11) is 0. The van der Waals surface area contributed by atoms with Gasteiger partial charge in [0, 0.05) is 13.1 Å². The van der Waals surface area contributed by atoms with Crippen LogP contribution in [-0.2, 0) is 4.79 Å². The normalized spacial score (nSPS) is 19.3. The molecular weight excluding hydrogens is 244 g/mol. The molecule has 1 aromatic rings. The maximum Gasteiger partial charge on any atom is 0.234 e. The summed E-state index contributed by atoms with van der Waals surface area (Å²) >= 11 is 0. The lowest BCUT2D eigenvalue weighted by molar-refractivity contribution is -0.122. The summed E-state index contributed by atoms with van der Waals surface area (Å²) in [5.41, 5.74) is 0. The van der Waals surface area contributed by atoms with Crippen LogP contribution in [0.1, 0.15) is 6.42 Å². The second-order valence-corrected chi connectivity index (χ2v) is 4.69. The van der Waals surface area contributed by atoms with Crippen LogP contribution in [0.3, 0.4) is 0 Å². The van der Waals surface area contributed by atoms with Crippen molar-refractivity contribution in [3.05, 3.63) is 30.3 Å². The Labute approximate surface area is 113 Å². The van der Waals surface area contributed by atoms with Crippen molar-refractivity contribution in [3.63, 3.8) is 0 Å². The molecule has 5 nitrogen and oxygen atoms in total. The van der Waals surface area contributed by atoms with Crippen LogP contribution in [0.25, 0.3) is 0 Å². The lowest BCUT2D eigenvalue weighted by atomic mass is 10.3. The van der Waals surface area contributed by atoms with Gasteiger partial charge in [-0.2, -0.15) is 0 Å². The molecule has 5 heteroatoms. The number of para-hydroxylation sites is 1. The number of benzene rings is 1. The van der Waals surface area contributed by atoms with E-state index in [1.54, 1.807) is 0 Å². The minimum atomic E-state index is -0.283. The topological polar surface area (TPSA) is 61.8 Å². The molecule has 1 heterocycles. The molecule has 104 valence electrons. The summed E-state index contributed by atoms with van der Waals surface area (Å²) in [6, 6.07) is 9.51. The summed E-state index contributed by atoms with van der Waals surface area (Å²) in [6.07, 6.45) is 0.471.